The average Bonchev–Trinajstić information content (AvgIpc) is 3.18. The van der Waals surface area contributed by atoms with Crippen molar-refractivity contribution in [2.75, 3.05) is 19.8 Å². The Morgan fingerprint density at radius 2 is 1.02 bits per heavy atom. The molecule has 0 radical (unpaired) electrons. The molecule has 1 fully saturated rings. The van der Waals surface area contributed by atoms with E-state index in [4.69, 9.17) is 18.5 Å². The molecule has 1 aliphatic carbocycles. The number of rotatable bonds is 36. The summed E-state index contributed by atoms with van der Waals surface area (Å²) in [4.78, 5) is 23.1. The molecule has 6 atom stereocenters. The van der Waals surface area contributed by atoms with Gasteiger partial charge in [-0.25, -0.2) is 4.57 Å². The summed E-state index contributed by atoms with van der Waals surface area (Å²) in [7, 11) is -5.02. The third-order valence-corrected chi connectivity index (χ3v) is 11.0. The van der Waals surface area contributed by atoms with E-state index in [1.165, 1.54) is 64.2 Å². The van der Waals surface area contributed by atoms with Crippen molar-refractivity contribution in [3.8, 4) is 0 Å². The molecule has 0 aromatic heterocycles. The van der Waals surface area contributed by atoms with Crippen LogP contribution in [0.1, 0.15) is 168 Å². The Kier molecular flexibility index (Phi) is 32.3. The van der Waals surface area contributed by atoms with Gasteiger partial charge in [0.1, 0.15) is 42.7 Å². The summed E-state index contributed by atoms with van der Waals surface area (Å²) in [6.45, 7) is 4.16. The van der Waals surface area contributed by atoms with Crippen LogP contribution in [0.3, 0.4) is 0 Å². The third kappa shape index (κ3) is 26.5. The highest BCUT2D eigenvalue weighted by atomic mass is 31.2. The van der Waals surface area contributed by atoms with Gasteiger partial charge in [0.15, 0.2) is 0 Å². The first-order valence-corrected chi connectivity index (χ1v) is 23.3. The quantitative estimate of drug-likeness (QED) is 0.0154. The lowest BCUT2D eigenvalue weighted by Crippen LogP contribution is -2.64. The second-order valence-electron chi connectivity index (χ2n) is 15.2. The first-order chi connectivity index (χ1) is 27.0. The van der Waals surface area contributed by atoms with Gasteiger partial charge in [0.05, 0.1) is 13.2 Å². The van der Waals surface area contributed by atoms with Crippen LogP contribution in [0, 0.1) is 0 Å². The van der Waals surface area contributed by atoms with Crippen LogP contribution in [-0.2, 0) is 27.9 Å². The number of unbranched alkanes of at least 4 members (excludes halogenated alkanes) is 18. The van der Waals surface area contributed by atoms with Gasteiger partial charge in [0.2, 0.25) is 0 Å². The van der Waals surface area contributed by atoms with Gasteiger partial charge >= 0.3 is 13.8 Å². The number of carbonyl (C=O) groups is 1. The highest BCUT2D eigenvalue weighted by Crippen LogP contribution is 2.47. The fourth-order valence-electron chi connectivity index (χ4n) is 6.42. The topological polar surface area (TPSA) is 192 Å². The van der Waals surface area contributed by atoms with Crippen LogP contribution in [-0.4, -0.2) is 98.9 Å². The van der Waals surface area contributed by atoms with Crippen LogP contribution in [0.15, 0.2) is 36.5 Å². The van der Waals surface area contributed by atoms with Crippen molar-refractivity contribution in [3.63, 3.8) is 0 Å². The minimum absolute atomic E-state index is 0.0840. The highest BCUT2D eigenvalue weighted by Gasteiger charge is 2.51. The summed E-state index contributed by atoms with van der Waals surface area (Å²) in [6, 6.07) is 0. The van der Waals surface area contributed by atoms with Crippen molar-refractivity contribution in [1.29, 1.82) is 0 Å². The molecule has 0 heterocycles. The average molecular weight is 819 g/mol. The minimum Gasteiger partial charge on any atom is -0.457 e. The van der Waals surface area contributed by atoms with Gasteiger partial charge in [-0.1, -0.05) is 134 Å². The minimum atomic E-state index is -5.02. The number of phosphoric ester groups is 1. The molecule has 1 aliphatic rings. The normalized spacial score (nSPS) is 23.4. The molecule has 0 aromatic carbocycles. The molecule has 0 aromatic rings. The Morgan fingerprint density at radius 3 is 1.57 bits per heavy atom. The van der Waals surface area contributed by atoms with Crippen molar-refractivity contribution in [2.45, 2.75) is 211 Å². The smallest absolute Gasteiger partial charge is 0.457 e. The van der Waals surface area contributed by atoms with E-state index in [1.54, 1.807) is 0 Å². The Labute approximate surface area is 338 Å². The molecule has 1 rings (SSSR count). The number of aliphatic hydroxyl groups is 5. The molecule has 0 amide bonds. The highest BCUT2D eigenvalue weighted by molar-refractivity contribution is 7.47. The zero-order valence-corrected chi connectivity index (χ0v) is 35.6. The molecule has 13 heteroatoms. The van der Waals surface area contributed by atoms with Gasteiger partial charge in [-0.2, -0.15) is 0 Å². The molecule has 328 valence electrons. The number of esters is 1. The van der Waals surface area contributed by atoms with Gasteiger partial charge in [-0.05, 0) is 64.2 Å². The lowest BCUT2D eigenvalue weighted by atomic mass is 9.85. The van der Waals surface area contributed by atoms with Crippen LogP contribution in [0.2, 0.25) is 0 Å². The van der Waals surface area contributed by atoms with Crippen molar-refractivity contribution < 1.29 is 58.3 Å². The lowest BCUT2D eigenvalue weighted by molar-refractivity contribution is -0.220. The number of ether oxygens (including phenoxy) is 2. The van der Waals surface area contributed by atoms with Gasteiger partial charge < -0.3 is 39.9 Å². The predicted octanol–water partition coefficient (Wildman–Crippen LogP) is 8.31. The van der Waals surface area contributed by atoms with E-state index >= 15 is 0 Å². The molecule has 1 saturated carbocycles. The fraction of sp³-hybridized carbons (Fsp3) is 0.837. The second-order valence-corrected chi connectivity index (χ2v) is 16.6. The fourth-order valence-corrected chi connectivity index (χ4v) is 7.40. The number of carbonyl (C=O) groups excluding carboxylic acids is 1. The van der Waals surface area contributed by atoms with E-state index in [9.17, 15) is 39.8 Å². The maximum atomic E-state index is 12.8. The number of phosphoric acid groups is 1. The summed E-state index contributed by atoms with van der Waals surface area (Å²) in [5.74, 6) is -0.489. The Hall–Kier alpha value is -1.44. The summed E-state index contributed by atoms with van der Waals surface area (Å²) < 4.78 is 34.1. The van der Waals surface area contributed by atoms with Crippen LogP contribution >= 0.6 is 7.82 Å². The lowest BCUT2D eigenvalue weighted by Gasteiger charge is -2.41. The number of allylic oxidation sites excluding steroid dienone is 6. The van der Waals surface area contributed by atoms with E-state index in [1.807, 2.05) is 0 Å². The Morgan fingerprint density at radius 1 is 0.571 bits per heavy atom. The van der Waals surface area contributed by atoms with E-state index in [2.05, 4.69) is 50.3 Å². The first kappa shape index (κ1) is 52.6. The summed E-state index contributed by atoms with van der Waals surface area (Å²) >= 11 is 0. The van der Waals surface area contributed by atoms with E-state index in [0.29, 0.717) is 13.0 Å². The van der Waals surface area contributed by atoms with Crippen LogP contribution in [0.5, 0.6) is 0 Å². The zero-order valence-electron chi connectivity index (χ0n) is 34.7. The van der Waals surface area contributed by atoms with Crippen molar-refractivity contribution in [1.82, 2.24) is 0 Å². The maximum Gasteiger partial charge on any atom is 0.472 e. The van der Waals surface area contributed by atoms with Crippen LogP contribution in [0.25, 0.3) is 0 Å². The molecule has 12 nitrogen and oxygen atoms in total. The number of hydrogen-bond acceptors (Lipinski definition) is 11. The van der Waals surface area contributed by atoms with Crippen LogP contribution in [0.4, 0.5) is 0 Å². The first-order valence-electron chi connectivity index (χ1n) is 21.8. The van der Waals surface area contributed by atoms with Crippen LogP contribution < -0.4 is 0 Å². The summed E-state index contributed by atoms with van der Waals surface area (Å²) in [5, 5.41) is 50.1. The molecule has 0 saturated heterocycles. The maximum absolute atomic E-state index is 12.8. The molecule has 0 spiro atoms. The SMILES string of the molecule is CCCC/C=C\CCCCCCCCOCC(COP(=O)(O)OC1C(O)C(O)C(O)C(O)C1O)OC(=O)CCCCCCCCC/C=C\C/C=C\CCCCC. The summed E-state index contributed by atoms with van der Waals surface area (Å²) in [6.07, 6.45) is 26.4. The molecule has 0 aliphatic heterocycles. The van der Waals surface area contributed by atoms with Gasteiger partial charge in [-0.15, -0.1) is 0 Å². The van der Waals surface area contributed by atoms with Gasteiger partial charge in [0, 0.05) is 13.0 Å². The molecule has 0 bridgehead atoms. The zero-order chi connectivity index (χ0) is 41.3. The number of aliphatic hydroxyl groups excluding tert-OH is 5. The number of hydrogen-bond donors (Lipinski definition) is 6. The Bertz CT molecular complexity index is 1070. The van der Waals surface area contributed by atoms with E-state index in [0.717, 1.165) is 77.0 Å². The molecule has 6 N–H and O–H groups in total. The largest absolute Gasteiger partial charge is 0.472 e. The monoisotopic (exact) mass is 819 g/mol. The Balaban J connectivity index is 2.42. The third-order valence-electron chi connectivity index (χ3n) is 9.99. The summed E-state index contributed by atoms with van der Waals surface area (Å²) in [5.41, 5.74) is 0. The van der Waals surface area contributed by atoms with Crippen molar-refractivity contribution in [3.05, 3.63) is 36.5 Å². The van der Waals surface area contributed by atoms with E-state index < -0.39 is 63.1 Å². The van der Waals surface area contributed by atoms with Crippen molar-refractivity contribution in [2.24, 2.45) is 0 Å². The molecule has 56 heavy (non-hydrogen) atoms. The standard InChI is InChI=1S/C43H79O12P/c1-3-5-7-9-11-13-15-17-18-19-20-21-22-24-26-28-30-32-37(44)54-36(34-52-33-31-29-27-25-23-16-14-12-10-8-6-4-2)35-53-56(50,51)55-43-41(48)39(46)38(45)40(47)42(43)49/h10-13,17-18,36,38-43,45-49H,3-9,14-16,19-35H2,1-2H3,(H,50,51)/b12-10-,13-11-,18-17-. The molecule has 6 unspecified atom stereocenters. The van der Waals surface area contributed by atoms with Crippen molar-refractivity contribution >= 4 is 13.8 Å². The predicted molar refractivity (Wildman–Crippen MR) is 221 cm³/mol. The van der Waals surface area contributed by atoms with Gasteiger partial charge in [0.25, 0.3) is 0 Å². The van der Waals surface area contributed by atoms with Gasteiger partial charge in [-0.3, -0.25) is 13.8 Å². The molecular weight excluding hydrogens is 739 g/mol. The second kappa shape index (κ2) is 34.4. The van der Waals surface area contributed by atoms with E-state index in [-0.39, 0.29) is 13.0 Å². The molecular formula is C43H79O12P.